The topological polar surface area (TPSA) is 0 Å². The van der Waals surface area contributed by atoms with Gasteiger partial charge in [-0.1, -0.05) is 84.9 Å². The molecule has 0 atom stereocenters. The highest BCUT2D eigenvalue weighted by Gasteiger charge is 2.13. The summed E-state index contributed by atoms with van der Waals surface area (Å²) in [7, 11) is 0. The van der Waals surface area contributed by atoms with E-state index in [9.17, 15) is 4.39 Å². The van der Waals surface area contributed by atoms with Crippen LogP contribution in [0.3, 0.4) is 0 Å². The van der Waals surface area contributed by atoms with Crippen LogP contribution < -0.4 is 0 Å². The molecule has 0 N–H and O–H groups in total. The van der Waals surface area contributed by atoms with Gasteiger partial charge in [0, 0.05) is 10.8 Å². The van der Waals surface area contributed by atoms with Crippen molar-refractivity contribution in [3.8, 4) is 0 Å². The summed E-state index contributed by atoms with van der Waals surface area (Å²) in [5.41, 5.74) is 0. The van der Waals surface area contributed by atoms with Crippen molar-refractivity contribution in [1.82, 2.24) is 0 Å². The first-order valence-corrected chi connectivity index (χ1v) is 9.15. The Bertz CT molecular complexity index is 1510. The van der Waals surface area contributed by atoms with Crippen molar-refractivity contribution in [2.24, 2.45) is 0 Å². The van der Waals surface area contributed by atoms with Gasteiger partial charge in [0.15, 0.2) is 0 Å². The Kier molecular flexibility index (Phi) is 2.87. The quantitative estimate of drug-likeness (QED) is 0.248. The van der Waals surface area contributed by atoms with Gasteiger partial charge < -0.3 is 0 Å². The highest BCUT2D eigenvalue weighted by Crippen LogP contribution is 2.39. The summed E-state index contributed by atoms with van der Waals surface area (Å²) in [4.78, 5) is 0. The van der Waals surface area contributed by atoms with Gasteiger partial charge in [-0.25, -0.2) is 4.39 Å². The first-order chi connectivity index (χ1) is 13.3. The second-order valence-electron chi connectivity index (χ2n) is 7.12. The Balaban J connectivity index is 2.04. The average Bonchev–Trinajstić information content (AvgIpc) is 2.72. The van der Waals surface area contributed by atoms with E-state index in [0.717, 1.165) is 26.9 Å². The fourth-order valence-corrected chi connectivity index (χ4v) is 4.46. The summed E-state index contributed by atoms with van der Waals surface area (Å²) in [5, 5.41) is 10.8. The Morgan fingerprint density at radius 1 is 0.370 bits per heavy atom. The van der Waals surface area contributed by atoms with E-state index in [0.29, 0.717) is 5.39 Å². The molecule has 0 aliphatic carbocycles. The molecule has 0 fully saturated rings. The maximum atomic E-state index is 15.0. The highest BCUT2D eigenvalue weighted by atomic mass is 19.1. The lowest BCUT2D eigenvalue weighted by molar-refractivity contribution is 0.640. The van der Waals surface area contributed by atoms with Crippen molar-refractivity contribution in [3.05, 3.63) is 96.8 Å². The predicted molar refractivity (Wildman–Crippen MR) is 114 cm³/mol. The van der Waals surface area contributed by atoms with Gasteiger partial charge in [0.1, 0.15) is 5.82 Å². The average molecular weight is 346 g/mol. The summed E-state index contributed by atoms with van der Waals surface area (Å²) in [5.74, 6) is -0.164. The van der Waals surface area contributed by atoms with Crippen LogP contribution in [0.4, 0.5) is 4.39 Å². The van der Waals surface area contributed by atoms with Crippen molar-refractivity contribution in [1.29, 1.82) is 0 Å². The number of rotatable bonds is 0. The summed E-state index contributed by atoms with van der Waals surface area (Å²) in [6, 6.07) is 30.7. The zero-order chi connectivity index (χ0) is 18.0. The first kappa shape index (κ1) is 14.7. The minimum absolute atomic E-state index is 0.164. The van der Waals surface area contributed by atoms with Crippen molar-refractivity contribution in [2.75, 3.05) is 0 Å². The van der Waals surface area contributed by atoms with E-state index in [2.05, 4.69) is 66.7 Å². The molecular formula is C26H15F. The van der Waals surface area contributed by atoms with E-state index in [1.165, 1.54) is 21.5 Å². The van der Waals surface area contributed by atoms with Gasteiger partial charge in [-0.05, 0) is 49.2 Å². The summed E-state index contributed by atoms with van der Waals surface area (Å²) in [6.07, 6.45) is 0. The van der Waals surface area contributed by atoms with Crippen LogP contribution >= 0.6 is 0 Å². The van der Waals surface area contributed by atoms with Crippen LogP contribution in [-0.4, -0.2) is 0 Å². The van der Waals surface area contributed by atoms with Gasteiger partial charge >= 0.3 is 0 Å². The summed E-state index contributed by atoms with van der Waals surface area (Å²) < 4.78 is 15.0. The maximum absolute atomic E-state index is 15.0. The number of hydrogen-bond donors (Lipinski definition) is 0. The molecule has 0 saturated carbocycles. The van der Waals surface area contributed by atoms with E-state index in [-0.39, 0.29) is 5.82 Å². The number of hydrogen-bond acceptors (Lipinski definition) is 0. The molecule has 1 heteroatoms. The molecule has 0 unspecified atom stereocenters. The molecule has 0 aliphatic rings. The Morgan fingerprint density at radius 3 is 1.56 bits per heavy atom. The third-order valence-electron chi connectivity index (χ3n) is 5.66. The molecule has 6 rings (SSSR count). The van der Waals surface area contributed by atoms with Crippen molar-refractivity contribution in [3.63, 3.8) is 0 Å². The van der Waals surface area contributed by atoms with E-state index in [1.807, 2.05) is 12.1 Å². The predicted octanol–water partition coefficient (Wildman–Crippen LogP) is 7.59. The van der Waals surface area contributed by atoms with Crippen LogP contribution in [0.2, 0.25) is 0 Å². The SMILES string of the molecule is Fc1cccc2ccc3ccc4ccc5ccc6ccccc6c5c4c3c12. The summed E-state index contributed by atoms with van der Waals surface area (Å²) in [6.45, 7) is 0. The molecule has 0 saturated heterocycles. The van der Waals surface area contributed by atoms with Crippen LogP contribution in [0.25, 0.3) is 53.9 Å². The third-order valence-corrected chi connectivity index (χ3v) is 5.66. The minimum Gasteiger partial charge on any atom is -0.206 e. The maximum Gasteiger partial charge on any atom is 0.131 e. The van der Waals surface area contributed by atoms with Crippen LogP contribution in [0.1, 0.15) is 0 Å². The monoisotopic (exact) mass is 346 g/mol. The fraction of sp³-hybridized carbons (Fsp3) is 0. The lowest BCUT2D eigenvalue weighted by Gasteiger charge is -2.13. The van der Waals surface area contributed by atoms with Crippen LogP contribution in [0.5, 0.6) is 0 Å². The third kappa shape index (κ3) is 1.97. The minimum atomic E-state index is -0.164. The molecule has 0 bridgehead atoms. The second kappa shape index (κ2) is 5.28. The van der Waals surface area contributed by atoms with Crippen molar-refractivity contribution < 1.29 is 4.39 Å². The normalized spacial score (nSPS) is 11.9. The highest BCUT2D eigenvalue weighted by molar-refractivity contribution is 6.32. The molecule has 6 aromatic carbocycles. The number of fused-ring (bicyclic) bond motifs is 9. The summed E-state index contributed by atoms with van der Waals surface area (Å²) >= 11 is 0. The van der Waals surface area contributed by atoms with Gasteiger partial charge in [-0.2, -0.15) is 0 Å². The molecule has 0 heterocycles. The lowest BCUT2D eigenvalue weighted by atomic mass is 9.90. The lowest BCUT2D eigenvalue weighted by Crippen LogP contribution is -1.87. The van der Waals surface area contributed by atoms with E-state index in [4.69, 9.17) is 0 Å². The van der Waals surface area contributed by atoms with E-state index < -0.39 is 0 Å². The Labute approximate surface area is 155 Å². The largest absolute Gasteiger partial charge is 0.206 e. The Hall–Kier alpha value is -3.45. The zero-order valence-electron chi connectivity index (χ0n) is 14.5. The van der Waals surface area contributed by atoms with Crippen molar-refractivity contribution in [2.45, 2.75) is 0 Å². The smallest absolute Gasteiger partial charge is 0.131 e. The molecule has 0 nitrogen and oxygen atoms in total. The molecular weight excluding hydrogens is 331 g/mol. The number of halogens is 1. The van der Waals surface area contributed by atoms with Crippen LogP contribution in [0.15, 0.2) is 91.0 Å². The van der Waals surface area contributed by atoms with Crippen LogP contribution in [0, 0.1) is 5.82 Å². The molecule has 0 spiro atoms. The van der Waals surface area contributed by atoms with Crippen molar-refractivity contribution >= 4 is 53.9 Å². The zero-order valence-corrected chi connectivity index (χ0v) is 14.5. The first-order valence-electron chi connectivity index (χ1n) is 9.15. The number of benzene rings is 6. The second-order valence-corrected chi connectivity index (χ2v) is 7.12. The van der Waals surface area contributed by atoms with Gasteiger partial charge in [0.2, 0.25) is 0 Å². The molecule has 6 aromatic rings. The van der Waals surface area contributed by atoms with Gasteiger partial charge in [0.25, 0.3) is 0 Å². The van der Waals surface area contributed by atoms with Gasteiger partial charge in [-0.3, -0.25) is 0 Å². The van der Waals surface area contributed by atoms with E-state index >= 15 is 0 Å². The van der Waals surface area contributed by atoms with Gasteiger partial charge in [-0.15, -0.1) is 0 Å². The van der Waals surface area contributed by atoms with E-state index in [1.54, 1.807) is 12.1 Å². The Morgan fingerprint density at radius 2 is 0.852 bits per heavy atom. The molecule has 0 aliphatic heterocycles. The molecule has 126 valence electrons. The van der Waals surface area contributed by atoms with Gasteiger partial charge in [0.05, 0.1) is 0 Å². The molecule has 0 amide bonds. The molecule has 0 radical (unpaired) electrons. The fourth-order valence-electron chi connectivity index (χ4n) is 4.46. The standard InChI is InChI=1S/C26H15F/c27-22-7-3-5-17-10-12-20-15-14-19-13-11-18-9-8-16-4-1-2-6-21(16)23(18)25(19)26(20)24(17)22/h1-15H. The molecule has 0 aromatic heterocycles. The molecule has 27 heavy (non-hydrogen) atoms. The van der Waals surface area contributed by atoms with Crippen LogP contribution in [-0.2, 0) is 0 Å².